The zero-order chi connectivity index (χ0) is 14.5. The Morgan fingerprint density at radius 2 is 1.70 bits per heavy atom. The number of anilines is 1. The first kappa shape index (κ1) is 14.3. The summed E-state index contributed by atoms with van der Waals surface area (Å²) in [4.78, 5) is 0. The zero-order valence-electron chi connectivity index (χ0n) is 12.5. The minimum Gasteiger partial charge on any atom is -0.493 e. The van der Waals surface area contributed by atoms with Crippen molar-refractivity contribution >= 4 is 5.69 Å². The smallest absolute Gasteiger partial charge is 0.165 e. The summed E-state index contributed by atoms with van der Waals surface area (Å²) in [6.07, 6.45) is 0. The minimum atomic E-state index is 0.699. The van der Waals surface area contributed by atoms with Crippen LogP contribution in [-0.4, -0.2) is 14.2 Å². The van der Waals surface area contributed by atoms with Crippen molar-refractivity contribution in [2.24, 2.45) is 0 Å². The van der Waals surface area contributed by atoms with Gasteiger partial charge in [0.05, 0.1) is 14.2 Å². The molecule has 2 aromatic carbocycles. The number of rotatable bonds is 5. The molecule has 0 amide bonds. The van der Waals surface area contributed by atoms with Crippen LogP contribution in [0.25, 0.3) is 0 Å². The second-order valence-electron chi connectivity index (χ2n) is 4.75. The Labute approximate surface area is 120 Å². The normalized spacial score (nSPS) is 10.2. The van der Waals surface area contributed by atoms with Crippen LogP contribution in [0.4, 0.5) is 5.69 Å². The number of hydrogen-bond donors (Lipinski definition) is 1. The van der Waals surface area contributed by atoms with Gasteiger partial charge in [-0.25, -0.2) is 0 Å². The zero-order valence-corrected chi connectivity index (χ0v) is 12.5. The first-order valence-electron chi connectivity index (χ1n) is 6.67. The lowest BCUT2D eigenvalue weighted by Gasteiger charge is -2.15. The molecule has 3 heteroatoms. The van der Waals surface area contributed by atoms with Gasteiger partial charge in [0.15, 0.2) is 11.5 Å². The monoisotopic (exact) mass is 271 g/mol. The molecule has 0 atom stereocenters. The summed E-state index contributed by atoms with van der Waals surface area (Å²) in [7, 11) is 3.32. The first-order chi connectivity index (χ1) is 9.67. The van der Waals surface area contributed by atoms with E-state index in [1.807, 2.05) is 18.2 Å². The summed E-state index contributed by atoms with van der Waals surface area (Å²) < 4.78 is 10.8. The van der Waals surface area contributed by atoms with Crippen molar-refractivity contribution in [1.82, 2.24) is 0 Å². The second-order valence-corrected chi connectivity index (χ2v) is 4.75. The van der Waals surface area contributed by atoms with Crippen LogP contribution in [0.2, 0.25) is 0 Å². The second kappa shape index (κ2) is 6.33. The van der Waals surface area contributed by atoms with Gasteiger partial charge < -0.3 is 14.8 Å². The van der Waals surface area contributed by atoms with E-state index in [-0.39, 0.29) is 0 Å². The van der Waals surface area contributed by atoms with Gasteiger partial charge in [-0.2, -0.15) is 0 Å². The maximum Gasteiger partial charge on any atom is 0.165 e. The van der Waals surface area contributed by atoms with E-state index in [0.29, 0.717) is 6.54 Å². The van der Waals surface area contributed by atoms with Gasteiger partial charge in [0, 0.05) is 17.8 Å². The lowest BCUT2D eigenvalue weighted by molar-refractivity contribution is 0.352. The van der Waals surface area contributed by atoms with Crippen LogP contribution in [0, 0.1) is 13.8 Å². The molecule has 20 heavy (non-hydrogen) atoms. The average molecular weight is 271 g/mol. The molecule has 0 spiro atoms. The molecule has 0 saturated carbocycles. The number of ether oxygens (including phenoxy) is 2. The molecule has 0 unspecified atom stereocenters. The largest absolute Gasteiger partial charge is 0.493 e. The number of benzene rings is 2. The molecule has 0 aliphatic carbocycles. The molecule has 0 aromatic heterocycles. The van der Waals surface area contributed by atoms with E-state index in [1.54, 1.807) is 14.2 Å². The fourth-order valence-corrected chi connectivity index (χ4v) is 2.23. The van der Waals surface area contributed by atoms with E-state index in [9.17, 15) is 0 Å². The maximum absolute atomic E-state index is 5.44. The fourth-order valence-electron chi connectivity index (χ4n) is 2.23. The van der Waals surface area contributed by atoms with Crippen molar-refractivity contribution in [2.75, 3.05) is 19.5 Å². The molecular formula is C17H21NO2. The average Bonchev–Trinajstić information content (AvgIpc) is 2.48. The molecule has 3 nitrogen and oxygen atoms in total. The third-order valence-corrected chi connectivity index (χ3v) is 3.56. The third kappa shape index (κ3) is 2.87. The summed E-state index contributed by atoms with van der Waals surface area (Å²) in [5.41, 5.74) is 4.78. The quantitative estimate of drug-likeness (QED) is 0.893. The highest BCUT2D eigenvalue weighted by molar-refractivity contribution is 5.55. The van der Waals surface area contributed by atoms with E-state index in [1.165, 1.54) is 11.1 Å². The highest BCUT2D eigenvalue weighted by Crippen LogP contribution is 2.31. The molecule has 0 heterocycles. The van der Waals surface area contributed by atoms with Crippen LogP contribution >= 0.6 is 0 Å². The minimum absolute atomic E-state index is 0.699. The van der Waals surface area contributed by atoms with Gasteiger partial charge in [-0.1, -0.05) is 24.3 Å². The Bertz CT molecular complexity index is 594. The van der Waals surface area contributed by atoms with Gasteiger partial charge >= 0.3 is 0 Å². The summed E-state index contributed by atoms with van der Waals surface area (Å²) in [6.45, 7) is 4.94. The van der Waals surface area contributed by atoms with Gasteiger partial charge in [0.1, 0.15) is 0 Å². The van der Waals surface area contributed by atoms with Crippen LogP contribution < -0.4 is 14.8 Å². The Kier molecular flexibility index (Phi) is 4.51. The van der Waals surface area contributed by atoms with Crippen molar-refractivity contribution in [1.29, 1.82) is 0 Å². The third-order valence-electron chi connectivity index (χ3n) is 3.56. The number of aryl methyl sites for hydroxylation is 1. The Balaban J connectivity index is 2.21. The maximum atomic E-state index is 5.44. The number of nitrogens with one attached hydrogen (secondary N) is 1. The number of para-hydroxylation sites is 1. The van der Waals surface area contributed by atoms with E-state index in [2.05, 4.69) is 37.4 Å². The topological polar surface area (TPSA) is 30.5 Å². The Hall–Kier alpha value is -2.16. The standard InChI is InChI=1S/C17H21NO2/c1-12-7-5-9-15(13(12)2)18-11-14-8-6-10-16(19-3)17(14)20-4/h5-10,18H,11H2,1-4H3. The van der Waals surface area contributed by atoms with E-state index >= 15 is 0 Å². The molecule has 0 aliphatic heterocycles. The Morgan fingerprint density at radius 3 is 2.40 bits per heavy atom. The van der Waals surface area contributed by atoms with Crippen molar-refractivity contribution in [2.45, 2.75) is 20.4 Å². The molecule has 0 aliphatic rings. The molecular weight excluding hydrogens is 250 g/mol. The molecule has 0 saturated heterocycles. The van der Waals surface area contributed by atoms with Crippen LogP contribution in [0.3, 0.4) is 0 Å². The van der Waals surface area contributed by atoms with Crippen molar-refractivity contribution in [3.8, 4) is 11.5 Å². The fraction of sp³-hybridized carbons (Fsp3) is 0.294. The summed E-state index contributed by atoms with van der Waals surface area (Å²) in [6, 6.07) is 12.2. The lowest BCUT2D eigenvalue weighted by Crippen LogP contribution is -2.04. The van der Waals surface area contributed by atoms with E-state index in [4.69, 9.17) is 9.47 Å². The molecule has 2 aromatic rings. The van der Waals surface area contributed by atoms with E-state index in [0.717, 1.165) is 22.7 Å². The van der Waals surface area contributed by atoms with Crippen molar-refractivity contribution < 1.29 is 9.47 Å². The van der Waals surface area contributed by atoms with Crippen molar-refractivity contribution in [3.05, 3.63) is 53.1 Å². The van der Waals surface area contributed by atoms with Crippen LogP contribution in [-0.2, 0) is 6.54 Å². The van der Waals surface area contributed by atoms with Crippen LogP contribution in [0.1, 0.15) is 16.7 Å². The summed E-state index contributed by atoms with van der Waals surface area (Å²) in [5.74, 6) is 1.54. The lowest BCUT2D eigenvalue weighted by atomic mass is 10.1. The highest BCUT2D eigenvalue weighted by Gasteiger charge is 2.09. The molecule has 0 bridgehead atoms. The van der Waals surface area contributed by atoms with Gasteiger partial charge in [-0.15, -0.1) is 0 Å². The number of methoxy groups -OCH3 is 2. The highest BCUT2D eigenvalue weighted by atomic mass is 16.5. The molecule has 106 valence electrons. The predicted octanol–water partition coefficient (Wildman–Crippen LogP) is 3.93. The Morgan fingerprint density at radius 1 is 0.950 bits per heavy atom. The van der Waals surface area contributed by atoms with Crippen LogP contribution in [0.5, 0.6) is 11.5 Å². The molecule has 1 N–H and O–H groups in total. The van der Waals surface area contributed by atoms with Gasteiger partial charge in [-0.05, 0) is 37.1 Å². The van der Waals surface area contributed by atoms with Gasteiger partial charge in [-0.3, -0.25) is 0 Å². The number of hydrogen-bond acceptors (Lipinski definition) is 3. The summed E-state index contributed by atoms with van der Waals surface area (Å²) >= 11 is 0. The SMILES string of the molecule is COc1cccc(CNc2cccc(C)c2C)c1OC. The molecule has 2 rings (SSSR count). The first-order valence-corrected chi connectivity index (χ1v) is 6.67. The summed E-state index contributed by atoms with van der Waals surface area (Å²) in [5, 5.41) is 3.46. The van der Waals surface area contributed by atoms with E-state index < -0.39 is 0 Å². The predicted molar refractivity (Wildman–Crippen MR) is 82.8 cm³/mol. The molecule has 0 radical (unpaired) electrons. The molecule has 0 fully saturated rings. The van der Waals surface area contributed by atoms with Crippen molar-refractivity contribution in [3.63, 3.8) is 0 Å². The van der Waals surface area contributed by atoms with Crippen LogP contribution in [0.15, 0.2) is 36.4 Å². The van der Waals surface area contributed by atoms with Gasteiger partial charge in [0.25, 0.3) is 0 Å². The van der Waals surface area contributed by atoms with Gasteiger partial charge in [0.2, 0.25) is 0 Å².